The van der Waals surface area contributed by atoms with Crippen LogP contribution >= 0.6 is 0 Å². The Kier molecular flexibility index (Phi) is 2.99. The molecular weight excluding hydrogens is 192 g/mol. The van der Waals surface area contributed by atoms with Crippen molar-refractivity contribution < 1.29 is 18.6 Å². The molecule has 74 valence electrons. The number of nitrogens with zero attached hydrogens (tertiary/aromatic N) is 1. The van der Waals surface area contributed by atoms with Crippen LogP contribution in [0.4, 0.5) is 8.78 Å². The van der Waals surface area contributed by atoms with E-state index in [-0.39, 0.29) is 5.56 Å². The molecule has 0 aliphatic carbocycles. The second kappa shape index (κ2) is 4.03. The summed E-state index contributed by atoms with van der Waals surface area (Å²) in [5.74, 6) is -2.29. The van der Waals surface area contributed by atoms with E-state index in [4.69, 9.17) is 10.4 Å². The molecule has 0 unspecified atom stereocenters. The molecule has 0 heterocycles. The predicted molar refractivity (Wildman–Crippen MR) is 43.5 cm³/mol. The first-order valence-electron chi connectivity index (χ1n) is 3.71. The summed E-state index contributed by atoms with van der Waals surface area (Å²) in [6.07, 6.45) is 0. The third-order valence-electron chi connectivity index (χ3n) is 1.73. The molecule has 0 bridgehead atoms. The molecule has 1 aromatic carbocycles. The largest absolute Gasteiger partial charge is 0.492 e. The Labute approximate surface area is 79.2 Å². The van der Waals surface area contributed by atoms with Gasteiger partial charge >= 0.3 is 0 Å². The molecule has 1 rings (SSSR count). The lowest BCUT2D eigenvalue weighted by Gasteiger charge is -2.08. The van der Waals surface area contributed by atoms with E-state index in [1.54, 1.807) is 0 Å². The maximum atomic E-state index is 13.3. The Hall–Kier alpha value is -1.67. The van der Waals surface area contributed by atoms with Crippen molar-refractivity contribution in [3.05, 3.63) is 28.8 Å². The number of aliphatic hydroxyl groups is 1. The fourth-order valence-corrected chi connectivity index (χ4v) is 1.06. The SMILES string of the molecule is COc1c(F)c(CO)cc(F)c1C#N. The third-order valence-corrected chi connectivity index (χ3v) is 1.73. The van der Waals surface area contributed by atoms with Gasteiger partial charge < -0.3 is 9.84 Å². The Balaban J connectivity index is 3.50. The van der Waals surface area contributed by atoms with Gasteiger partial charge in [-0.1, -0.05) is 0 Å². The summed E-state index contributed by atoms with van der Waals surface area (Å²) in [6.45, 7) is -0.648. The van der Waals surface area contributed by atoms with E-state index in [0.29, 0.717) is 0 Å². The van der Waals surface area contributed by atoms with Gasteiger partial charge in [0.1, 0.15) is 17.4 Å². The molecule has 0 saturated carbocycles. The van der Waals surface area contributed by atoms with Gasteiger partial charge in [0.25, 0.3) is 0 Å². The van der Waals surface area contributed by atoms with Crippen LogP contribution in [0.1, 0.15) is 11.1 Å². The normalized spacial score (nSPS) is 9.64. The number of rotatable bonds is 2. The zero-order valence-electron chi connectivity index (χ0n) is 7.34. The molecule has 3 nitrogen and oxygen atoms in total. The smallest absolute Gasteiger partial charge is 0.175 e. The van der Waals surface area contributed by atoms with Crippen LogP contribution in [0.3, 0.4) is 0 Å². The number of methoxy groups -OCH3 is 1. The summed E-state index contributed by atoms with van der Waals surface area (Å²) < 4.78 is 30.9. The molecule has 0 aromatic heterocycles. The topological polar surface area (TPSA) is 53.2 Å². The van der Waals surface area contributed by atoms with E-state index in [2.05, 4.69) is 4.74 Å². The number of benzene rings is 1. The molecule has 1 aromatic rings. The molecule has 1 N–H and O–H groups in total. The maximum absolute atomic E-state index is 13.3. The lowest BCUT2D eigenvalue weighted by Crippen LogP contribution is -2.01. The summed E-state index contributed by atoms with van der Waals surface area (Å²) >= 11 is 0. The van der Waals surface area contributed by atoms with Crippen LogP contribution in [0.2, 0.25) is 0 Å². The van der Waals surface area contributed by atoms with E-state index >= 15 is 0 Å². The molecule has 0 atom stereocenters. The molecule has 0 spiro atoms. The first-order chi connectivity index (χ1) is 6.65. The van der Waals surface area contributed by atoms with Crippen molar-refractivity contribution in [1.82, 2.24) is 0 Å². The van der Waals surface area contributed by atoms with Crippen molar-refractivity contribution in [2.24, 2.45) is 0 Å². The van der Waals surface area contributed by atoms with Gasteiger partial charge in [-0.25, -0.2) is 8.78 Å². The lowest BCUT2D eigenvalue weighted by molar-refractivity contribution is 0.271. The quantitative estimate of drug-likeness (QED) is 0.781. The highest BCUT2D eigenvalue weighted by Crippen LogP contribution is 2.27. The molecule has 14 heavy (non-hydrogen) atoms. The summed E-state index contributed by atoms with van der Waals surface area (Å²) in [6, 6.07) is 2.26. The molecule has 0 radical (unpaired) electrons. The molecule has 0 aliphatic heterocycles. The standard InChI is InChI=1S/C9H7F2NO2/c1-14-9-6(3-12)7(10)2-5(4-13)8(9)11/h2,13H,4H2,1H3. The summed E-state index contributed by atoms with van der Waals surface area (Å²) in [4.78, 5) is 0. The highest BCUT2D eigenvalue weighted by Gasteiger charge is 2.18. The van der Waals surface area contributed by atoms with E-state index in [0.717, 1.165) is 13.2 Å². The van der Waals surface area contributed by atoms with Crippen LogP contribution in [0.5, 0.6) is 5.75 Å². The van der Waals surface area contributed by atoms with Gasteiger partial charge in [-0.3, -0.25) is 0 Å². The fourth-order valence-electron chi connectivity index (χ4n) is 1.06. The average Bonchev–Trinajstić information content (AvgIpc) is 2.20. The van der Waals surface area contributed by atoms with Crippen LogP contribution in [-0.4, -0.2) is 12.2 Å². The van der Waals surface area contributed by atoms with Crippen LogP contribution in [-0.2, 0) is 6.61 Å². The zero-order valence-corrected chi connectivity index (χ0v) is 7.34. The van der Waals surface area contributed by atoms with Crippen molar-refractivity contribution in [2.75, 3.05) is 7.11 Å². The van der Waals surface area contributed by atoms with Crippen molar-refractivity contribution in [3.8, 4) is 11.8 Å². The molecule has 0 aliphatic rings. The molecule has 0 amide bonds. The van der Waals surface area contributed by atoms with E-state index < -0.39 is 29.6 Å². The number of nitriles is 1. The van der Waals surface area contributed by atoms with Crippen molar-refractivity contribution in [1.29, 1.82) is 5.26 Å². The monoisotopic (exact) mass is 199 g/mol. The highest BCUT2D eigenvalue weighted by molar-refractivity contribution is 5.47. The minimum atomic E-state index is -0.909. The molecule has 0 saturated heterocycles. The van der Waals surface area contributed by atoms with E-state index in [1.165, 1.54) is 6.07 Å². The molecular formula is C9H7F2NO2. The number of hydrogen-bond donors (Lipinski definition) is 1. The van der Waals surface area contributed by atoms with Gasteiger partial charge in [0, 0.05) is 5.56 Å². The van der Waals surface area contributed by atoms with E-state index in [1.807, 2.05) is 0 Å². The lowest BCUT2D eigenvalue weighted by atomic mass is 10.1. The van der Waals surface area contributed by atoms with Crippen LogP contribution in [0.25, 0.3) is 0 Å². The van der Waals surface area contributed by atoms with Gasteiger partial charge in [0.15, 0.2) is 11.6 Å². The average molecular weight is 199 g/mol. The molecule has 0 fully saturated rings. The number of aliphatic hydroxyl groups excluding tert-OH is 1. The third kappa shape index (κ3) is 1.52. The number of hydrogen-bond acceptors (Lipinski definition) is 3. The maximum Gasteiger partial charge on any atom is 0.175 e. The summed E-state index contributed by atoms with van der Waals surface area (Å²) in [5.41, 5.74) is -0.736. The van der Waals surface area contributed by atoms with Crippen LogP contribution in [0.15, 0.2) is 6.07 Å². The second-order valence-corrected chi connectivity index (χ2v) is 2.51. The van der Waals surface area contributed by atoms with Gasteiger partial charge in [-0.05, 0) is 6.07 Å². The number of halogens is 2. The number of ether oxygens (including phenoxy) is 1. The van der Waals surface area contributed by atoms with Gasteiger partial charge in [-0.15, -0.1) is 0 Å². The van der Waals surface area contributed by atoms with Crippen molar-refractivity contribution in [3.63, 3.8) is 0 Å². The first-order valence-corrected chi connectivity index (χ1v) is 3.71. The Morgan fingerprint density at radius 3 is 2.64 bits per heavy atom. The minimum Gasteiger partial charge on any atom is -0.492 e. The van der Waals surface area contributed by atoms with Crippen LogP contribution < -0.4 is 4.74 Å². The predicted octanol–water partition coefficient (Wildman–Crippen LogP) is 1.34. The van der Waals surface area contributed by atoms with Gasteiger partial charge in [0.05, 0.1) is 13.7 Å². The molecule has 5 heteroatoms. The van der Waals surface area contributed by atoms with Crippen molar-refractivity contribution in [2.45, 2.75) is 6.61 Å². The Bertz CT molecular complexity index is 398. The highest BCUT2D eigenvalue weighted by atomic mass is 19.1. The summed E-state index contributed by atoms with van der Waals surface area (Å²) in [5, 5.41) is 17.2. The van der Waals surface area contributed by atoms with Gasteiger partial charge in [-0.2, -0.15) is 5.26 Å². The van der Waals surface area contributed by atoms with E-state index in [9.17, 15) is 8.78 Å². The van der Waals surface area contributed by atoms with Gasteiger partial charge in [0.2, 0.25) is 0 Å². The van der Waals surface area contributed by atoms with Crippen molar-refractivity contribution >= 4 is 0 Å². The first kappa shape index (κ1) is 10.4. The fraction of sp³-hybridized carbons (Fsp3) is 0.222. The Morgan fingerprint density at radius 2 is 2.21 bits per heavy atom. The summed E-state index contributed by atoms with van der Waals surface area (Å²) in [7, 11) is 1.12. The second-order valence-electron chi connectivity index (χ2n) is 2.51. The Morgan fingerprint density at radius 1 is 1.57 bits per heavy atom. The zero-order chi connectivity index (χ0) is 10.7. The van der Waals surface area contributed by atoms with Crippen LogP contribution in [0, 0.1) is 23.0 Å². The minimum absolute atomic E-state index is 0.238.